The Morgan fingerprint density at radius 1 is 1.11 bits per heavy atom. The van der Waals surface area contributed by atoms with Crippen LogP contribution in [0.1, 0.15) is 39.8 Å². The van der Waals surface area contributed by atoms with Crippen LogP contribution in [-0.2, 0) is 27.2 Å². The maximum Gasteiger partial charge on any atom is 0.512 e. The third-order valence-corrected chi connectivity index (χ3v) is 4.52. The maximum atomic E-state index is 6.13. The molecule has 0 saturated carbocycles. The number of nitrogens with zero attached hydrogens (tertiary/aromatic N) is 1. The Morgan fingerprint density at radius 2 is 1.79 bits per heavy atom. The maximum absolute atomic E-state index is 6.13. The summed E-state index contributed by atoms with van der Waals surface area (Å²) < 4.78 is 20.1. The molecule has 104 valence electrons. The summed E-state index contributed by atoms with van der Waals surface area (Å²) in [6.45, 7) is 10.8. The molecule has 0 aromatic carbocycles. The SMILES string of the molecule is CC1(C)OB(c2ccc3n2CCCOC3)OC1(C)C. The number of rotatable bonds is 1. The molecule has 1 fully saturated rings. The van der Waals surface area contributed by atoms with Gasteiger partial charge in [-0.25, -0.2) is 0 Å². The van der Waals surface area contributed by atoms with E-state index in [1.54, 1.807) is 0 Å². The second kappa shape index (κ2) is 4.37. The molecule has 19 heavy (non-hydrogen) atoms. The summed E-state index contributed by atoms with van der Waals surface area (Å²) in [6, 6.07) is 4.22. The van der Waals surface area contributed by atoms with E-state index in [4.69, 9.17) is 14.0 Å². The first-order chi connectivity index (χ1) is 8.91. The molecule has 0 bridgehead atoms. The van der Waals surface area contributed by atoms with Crippen LogP contribution in [0.25, 0.3) is 0 Å². The minimum Gasteiger partial charge on any atom is -0.398 e. The number of hydrogen-bond acceptors (Lipinski definition) is 3. The average molecular weight is 263 g/mol. The lowest BCUT2D eigenvalue weighted by molar-refractivity contribution is 0.00578. The molecule has 1 saturated heterocycles. The number of fused-ring (bicyclic) bond motifs is 1. The third-order valence-electron chi connectivity index (χ3n) is 4.52. The van der Waals surface area contributed by atoms with Crippen LogP contribution in [0, 0.1) is 0 Å². The molecule has 0 aliphatic carbocycles. The van der Waals surface area contributed by atoms with Crippen molar-refractivity contribution in [2.45, 2.75) is 58.5 Å². The molecule has 3 heterocycles. The minimum absolute atomic E-state index is 0.281. The highest BCUT2D eigenvalue weighted by Crippen LogP contribution is 2.36. The van der Waals surface area contributed by atoms with E-state index in [2.05, 4.69) is 44.4 Å². The fraction of sp³-hybridized carbons (Fsp3) is 0.714. The normalized spacial score (nSPS) is 25.2. The van der Waals surface area contributed by atoms with E-state index in [9.17, 15) is 0 Å². The molecule has 0 atom stereocenters. The number of ether oxygens (including phenoxy) is 1. The highest BCUT2D eigenvalue weighted by atomic mass is 16.7. The van der Waals surface area contributed by atoms with Crippen molar-refractivity contribution in [3.63, 3.8) is 0 Å². The highest BCUT2D eigenvalue weighted by Gasteiger charge is 2.52. The van der Waals surface area contributed by atoms with Crippen molar-refractivity contribution in [2.75, 3.05) is 6.61 Å². The van der Waals surface area contributed by atoms with Crippen LogP contribution in [0.4, 0.5) is 0 Å². The number of aromatic nitrogens is 1. The van der Waals surface area contributed by atoms with Gasteiger partial charge in [-0.05, 0) is 46.2 Å². The summed E-state index contributed by atoms with van der Waals surface area (Å²) >= 11 is 0. The van der Waals surface area contributed by atoms with Gasteiger partial charge in [0.25, 0.3) is 0 Å². The minimum atomic E-state index is -0.288. The van der Waals surface area contributed by atoms with Crippen molar-refractivity contribution in [3.8, 4) is 0 Å². The second-order valence-electron chi connectivity index (χ2n) is 6.40. The van der Waals surface area contributed by atoms with E-state index in [0.29, 0.717) is 6.61 Å². The van der Waals surface area contributed by atoms with Crippen LogP contribution in [0.2, 0.25) is 0 Å². The van der Waals surface area contributed by atoms with Gasteiger partial charge in [-0.15, -0.1) is 0 Å². The van der Waals surface area contributed by atoms with Gasteiger partial charge in [0, 0.05) is 24.4 Å². The van der Waals surface area contributed by atoms with Gasteiger partial charge in [0.05, 0.1) is 17.8 Å². The van der Waals surface area contributed by atoms with Crippen LogP contribution in [0.15, 0.2) is 12.1 Å². The molecule has 5 heteroatoms. The van der Waals surface area contributed by atoms with Gasteiger partial charge in [-0.2, -0.15) is 0 Å². The largest absolute Gasteiger partial charge is 0.512 e. The Balaban J connectivity index is 1.90. The Kier molecular flexibility index (Phi) is 3.04. The van der Waals surface area contributed by atoms with Crippen molar-refractivity contribution >= 4 is 12.7 Å². The average Bonchev–Trinajstić information content (AvgIpc) is 2.68. The van der Waals surface area contributed by atoms with E-state index in [-0.39, 0.29) is 18.3 Å². The topological polar surface area (TPSA) is 32.6 Å². The molecular weight excluding hydrogens is 241 g/mol. The summed E-state index contributed by atoms with van der Waals surface area (Å²) in [5.74, 6) is 0. The smallest absolute Gasteiger partial charge is 0.398 e. The van der Waals surface area contributed by atoms with E-state index in [0.717, 1.165) is 25.2 Å². The van der Waals surface area contributed by atoms with Crippen LogP contribution < -0.4 is 5.59 Å². The van der Waals surface area contributed by atoms with Gasteiger partial charge in [0.1, 0.15) is 0 Å². The zero-order chi connectivity index (χ0) is 13.7. The molecule has 0 N–H and O–H groups in total. The molecule has 3 rings (SSSR count). The van der Waals surface area contributed by atoms with Gasteiger partial charge < -0.3 is 18.6 Å². The standard InChI is InChI=1S/C14H22BNO3/c1-13(2)14(3,4)19-15(18-13)12-7-6-11-10-17-9-5-8-16(11)12/h6-7H,5,8-10H2,1-4H3. The molecule has 2 aliphatic rings. The summed E-state index contributed by atoms with van der Waals surface area (Å²) in [4.78, 5) is 0. The van der Waals surface area contributed by atoms with Gasteiger partial charge in [0.15, 0.2) is 0 Å². The monoisotopic (exact) mass is 263 g/mol. The lowest BCUT2D eigenvalue weighted by atomic mass is 9.84. The molecule has 0 amide bonds. The van der Waals surface area contributed by atoms with E-state index in [1.165, 1.54) is 5.69 Å². The molecule has 0 spiro atoms. The Hall–Kier alpha value is -0.775. The zero-order valence-electron chi connectivity index (χ0n) is 12.2. The molecule has 2 aliphatic heterocycles. The van der Waals surface area contributed by atoms with Crippen molar-refractivity contribution in [1.29, 1.82) is 0 Å². The Labute approximate surface area is 115 Å². The quantitative estimate of drug-likeness (QED) is 0.723. The fourth-order valence-corrected chi connectivity index (χ4v) is 2.60. The predicted molar refractivity (Wildman–Crippen MR) is 74.4 cm³/mol. The molecule has 4 nitrogen and oxygen atoms in total. The summed E-state index contributed by atoms with van der Waals surface area (Å²) in [6.07, 6.45) is 1.04. The predicted octanol–water partition coefficient (Wildman–Crippen LogP) is 1.71. The van der Waals surface area contributed by atoms with Gasteiger partial charge in [-0.1, -0.05) is 0 Å². The molecular formula is C14H22BNO3. The van der Waals surface area contributed by atoms with Crippen LogP contribution in [0.3, 0.4) is 0 Å². The highest BCUT2D eigenvalue weighted by molar-refractivity contribution is 6.61. The van der Waals surface area contributed by atoms with Crippen molar-refractivity contribution in [3.05, 3.63) is 17.8 Å². The molecule has 1 aromatic heterocycles. The molecule has 0 radical (unpaired) electrons. The van der Waals surface area contributed by atoms with E-state index in [1.807, 2.05) is 0 Å². The Bertz CT molecular complexity index is 465. The van der Waals surface area contributed by atoms with E-state index >= 15 is 0 Å². The van der Waals surface area contributed by atoms with Gasteiger partial charge >= 0.3 is 7.12 Å². The van der Waals surface area contributed by atoms with Crippen molar-refractivity contribution in [2.24, 2.45) is 0 Å². The van der Waals surface area contributed by atoms with Crippen molar-refractivity contribution in [1.82, 2.24) is 4.57 Å². The van der Waals surface area contributed by atoms with Crippen LogP contribution >= 0.6 is 0 Å². The molecule has 0 unspecified atom stereocenters. The summed E-state index contributed by atoms with van der Waals surface area (Å²) in [5, 5.41) is 0. The summed E-state index contributed by atoms with van der Waals surface area (Å²) in [7, 11) is -0.281. The van der Waals surface area contributed by atoms with E-state index < -0.39 is 0 Å². The van der Waals surface area contributed by atoms with Crippen LogP contribution in [0.5, 0.6) is 0 Å². The fourth-order valence-electron chi connectivity index (χ4n) is 2.60. The first-order valence-corrected chi connectivity index (χ1v) is 7.02. The van der Waals surface area contributed by atoms with Crippen LogP contribution in [-0.4, -0.2) is 29.5 Å². The van der Waals surface area contributed by atoms with Crippen molar-refractivity contribution < 1.29 is 14.0 Å². The Morgan fingerprint density at radius 3 is 2.47 bits per heavy atom. The van der Waals surface area contributed by atoms with Gasteiger partial charge in [-0.3, -0.25) is 0 Å². The first kappa shape index (κ1) is 13.2. The molecule has 1 aromatic rings. The lowest BCUT2D eigenvalue weighted by Gasteiger charge is -2.32. The first-order valence-electron chi connectivity index (χ1n) is 7.02. The third kappa shape index (κ3) is 2.14. The zero-order valence-corrected chi connectivity index (χ0v) is 12.2. The second-order valence-corrected chi connectivity index (χ2v) is 6.40. The summed E-state index contributed by atoms with van der Waals surface area (Å²) in [5.41, 5.74) is 1.74. The number of hydrogen-bond donors (Lipinski definition) is 0. The van der Waals surface area contributed by atoms with Gasteiger partial charge in [0.2, 0.25) is 0 Å². The lowest BCUT2D eigenvalue weighted by Crippen LogP contribution is -2.41.